The van der Waals surface area contributed by atoms with Crippen LogP contribution in [0, 0.1) is 17.2 Å². The predicted octanol–water partition coefficient (Wildman–Crippen LogP) is 5.02. The topological polar surface area (TPSA) is 42.4 Å². The molecule has 0 radical (unpaired) electrons. The maximum atomic E-state index is 14.0. The number of alkyl halides is 4. The molecule has 5 rings (SSSR count). The summed E-state index contributed by atoms with van der Waals surface area (Å²) in [6, 6.07) is 5.02. The lowest BCUT2D eigenvalue weighted by Gasteiger charge is -2.47. The Labute approximate surface area is 182 Å². The number of benzene rings is 1. The van der Waals surface area contributed by atoms with E-state index in [1.807, 2.05) is 0 Å². The molecular weight excluding hydrogens is 487 g/mol. The zero-order valence-electron chi connectivity index (χ0n) is 15.9. The number of amides is 1. The van der Waals surface area contributed by atoms with Crippen LogP contribution in [0.25, 0.3) is 0 Å². The molecule has 31 heavy (non-hydrogen) atoms. The van der Waals surface area contributed by atoms with Crippen LogP contribution in [0.3, 0.4) is 0 Å². The molecular formula is C21H16BrF5N2O2. The second kappa shape index (κ2) is 6.88. The molecule has 1 aliphatic heterocycles. The zero-order valence-corrected chi connectivity index (χ0v) is 17.5. The van der Waals surface area contributed by atoms with Gasteiger partial charge in [0.05, 0.1) is 27.7 Å². The Kier molecular flexibility index (Phi) is 4.59. The van der Waals surface area contributed by atoms with Gasteiger partial charge in [-0.3, -0.25) is 4.79 Å². The lowest BCUT2D eigenvalue weighted by molar-refractivity contribution is -0.137. The van der Waals surface area contributed by atoms with Crippen LogP contribution in [-0.2, 0) is 6.18 Å². The number of piperidine rings is 1. The van der Waals surface area contributed by atoms with Gasteiger partial charge in [0.1, 0.15) is 18.6 Å². The van der Waals surface area contributed by atoms with Gasteiger partial charge in [-0.1, -0.05) is 6.07 Å². The van der Waals surface area contributed by atoms with E-state index in [2.05, 4.69) is 20.9 Å². The molecule has 1 aromatic heterocycles. The molecule has 2 heterocycles. The molecule has 5 unspecified atom stereocenters. The quantitative estimate of drug-likeness (QED) is 0.551. The molecule has 2 aromatic rings. The van der Waals surface area contributed by atoms with Crippen LogP contribution < -0.4 is 4.74 Å². The molecule has 1 aromatic carbocycles. The molecule has 4 nitrogen and oxygen atoms in total. The van der Waals surface area contributed by atoms with E-state index < -0.39 is 48.3 Å². The van der Waals surface area contributed by atoms with E-state index >= 15 is 0 Å². The van der Waals surface area contributed by atoms with Gasteiger partial charge in [-0.2, -0.15) is 13.2 Å². The van der Waals surface area contributed by atoms with Crippen molar-refractivity contribution in [3.05, 3.63) is 57.9 Å². The van der Waals surface area contributed by atoms with Crippen LogP contribution in [-0.4, -0.2) is 40.7 Å². The first-order valence-electron chi connectivity index (χ1n) is 9.70. The summed E-state index contributed by atoms with van der Waals surface area (Å²) in [5, 5.41) is 0. The molecule has 2 aliphatic carbocycles. The van der Waals surface area contributed by atoms with Gasteiger partial charge < -0.3 is 9.64 Å². The fourth-order valence-electron chi connectivity index (χ4n) is 5.26. The van der Waals surface area contributed by atoms with Crippen molar-refractivity contribution in [3.63, 3.8) is 0 Å². The van der Waals surface area contributed by atoms with Gasteiger partial charge in [-0.05, 0) is 52.9 Å². The van der Waals surface area contributed by atoms with E-state index in [0.717, 1.165) is 18.6 Å². The number of carbonyl (C=O) groups excluding carboxylic acids is 1. The zero-order chi connectivity index (χ0) is 22.1. The summed E-state index contributed by atoms with van der Waals surface area (Å²) in [6.45, 7) is -0.729. The monoisotopic (exact) mass is 502 g/mol. The van der Waals surface area contributed by atoms with E-state index in [1.165, 1.54) is 23.1 Å². The third-order valence-electron chi connectivity index (χ3n) is 6.73. The average molecular weight is 503 g/mol. The molecule has 1 spiro atoms. The van der Waals surface area contributed by atoms with Crippen molar-refractivity contribution in [2.45, 2.75) is 37.2 Å². The van der Waals surface area contributed by atoms with Crippen LogP contribution in [0.4, 0.5) is 22.0 Å². The number of ether oxygens (including phenoxy) is 1. The Balaban J connectivity index is 1.41. The Morgan fingerprint density at radius 1 is 1.26 bits per heavy atom. The summed E-state index contributed by atoms with van der Waals surface area (Å²) in [5.74, 6) is -1.09. The fraction of sp³-hybridized carbons (Fsp3) is 0.429. The molecule has 0 N–H and O–H groups in total. The lowest BCUT2D eigenvalue weighted by Crippen LogP contribution is -2.60. The van der Waals surface area contributed by atoms with Crippen LogP contribution in [0.15, 0.2) is 41.0 Å². The van der Waals surface area contributed by atoms with E-state index in [0.29, 0.717) is 12.6 Å². The number of aromatic nitrogens is 1. The van der Waals surface area contributed by atoms with Gasteiger partial charge in [-0.15, -0.1) is 0 Å². The first-order valence-corrected chi connectivity index (χ1v) is 10.5. The van der Waals surface area contributed by atoms with E-state index in [-0.39, 0.29) is 27.2 Å². The smallest absolute Gasteiger partial charge is 0.417 e. The van der Waals surface area contributed by atoms with Crippen LogP contribution in [0.5, 0.6) is 5.88 Å². The predicted molar refractivity (Wildman–Crippen MR) is 103 cm³/mol. The highest BCUT2D eigenvalue weighted by molar-refractivity contribution is 9.10. The van der Waals surface area contributed by atoms with Gasteiger partial charge in [0.2, 0.25) is 5.88 Å². The van der Waals surface area contributed by atoms with Crippen molar-refractivity contribution in [2.75, 3.05) is 6.67 Å². The van der Waals surface area contributed by atoms with E-state index in [9.17, 15) is 26.7 Å². The molecule has 10 heteroatoms. The molecule has 2 saturated carbocycles. The Hall–Kier alpha value is -2.23. The van der Waals surface area contributed by atoms with Crippen molar-refractivity contribution in [1.82, 2.24) is 9.88 Å². The minimum absolute atomic E-state index is 0.000741. The standard InChI is InChI=1S/C21H16BrF5N2O2/c22-17-11(2-1-3-13(17)24)19(30)29-14(8-23)12-6-20(12)7-15(18(20)29)31-16-5-4-10(9-28-16)21(25,26)27/h1-5,9,12,14-15,18H,6-8H2. The minimum Gasteiger partial charge on any atom is -0.472 e. The number of carbonyl (C=O) groups is 1. The van der Waals surface area contributed by atoms with Gasteiger partial charge in [0.25, 0.3) is 5.91 Å². The van der Waals surface area contributed by atoms with Crippen molar-refractivity contribution in [2.24, 2.45) is 11.3 Å². The van der Waals surface area contributed by atoms with Gasteiger partial charge in [0, 0.05) is 17.7 Å². The first kappa shape index (κ1) is 20.7. The summed E-state index contributed by atoms with van der Waals surface area (Å²) in [7, 11) is 0. The molecule has 1 saturated heterocycles. The van der Waals surface area contributed by atoms with E-state index in [1.54, 1.807) is 0 Å². The minimum atomic E-state index is -4.51. The Bertz CT molecular complexity index is 1050. The summed E-state index contributed by atoms with van der Waals surface area (Å²) in [6.07, 6.45) is -3.01. The Morgan fingerprint density at radius 2 is 2.03 bits per heavy atom. The summed E-state index contributed by atoms with van der Waals surface area (Å²) in [5.41, 5.74) is -1.05. The number of rotatable bonds is 4. The SMILES string of the molecule is O=C(c1cccc(F)c1Br)N1C(CF)C2CC23CC(Oc2ccc(C(F)(F)F)cn2)C13. The highest BCUT2D eigenvalue weighted by Crippen LogP contribution is 2.74. The largest absolute Gasteiger partial charge is 0.472 e. The molecule has 0 bridgehead atoms. The van der Waals surface area contributed by atoms with Crippen LogP contribution >= 0.6 is 15.9 Å². The van der Waals surface area contributed by atoms with Crippen molar-refractivity contribution >= 4 is 21.8 Å². The highest BCUT2D eigenvalue weighted by Gasteiger charge is 2.79. The van der Waals surface area contributed by atoms with Gasteiger partial charge in [0.15, 0.2) is 0 Å². The fourth-order valence-corrected chi connectivity index (χ4v) is 5.70. The maximum absolute atomic E-state index is 14.0. The number of halogens is 6. The average Bonchev–Trinajstić information content (AvgIpc) is 3.41. The number of pyridine rings is 1. The lowest BCUT2D eigenvalue weighted by atomic mass is 9.73. The van der Waals surface area contributed by atoms with Gasteiger partial charge in [-0.25, -0.2) is 13.8 Å². The maximum Gasteiger partial charge on any atom is 0.417 e. The third-order valence-corrected chi connectivity index (χ3v) is 7.54. The van der Waals surface area contributed by atoms with Crippen LogP contribution in [0.2, 0.25) is 0 Å². The summed E-state index contributed by atoms with van der Waals surface area (Å²) in [4.78, 5) is 18.4. The third kappa shape index (κ3) is 3.05. The second-order valence-electron chi connectivity index (χ2n) is 8.27. The normalized spacial score (nSPS) is 31.0. The molecule has 5 atom stereocenters. The van der Waals surface area contributed by atoms with Crippen molar-refractivity contribution in [3.8, 4) is 5.88 Å². The second-order valence-corrected chi connectivity index (χ2v) is 9.06. The Morgan fingerprint density at radius 3 is 2.68 bits per heavy atom. The van der Waals surface area contributed by atoms with Crippen molar-refractivity contribution < 1.29 is 31.5 Å². The van der Waals surface area contributed by atoms with Crippen LogP contribution in [0.1, 0.15) is 28.8 Å². The number of nitrogens with zero attached hydrogens (tertiary/aromatic N) is 2. The number of hydrogen-bond donors (Lipinski definition) is 0. The number of likely N-dealkylation sites (tertiary alicyclic amines) is 1. The molecule has 3 fully saturated rings. The van der Waals surface area contributed by atoms with E-state index in [4.69, 9.17) is 4.74 Å². The molecule has 3 aliphatic rings. The number of hydrogen-bond acceptors (Lipinski definition) is 3. The summed E-state index contributed by atoms with van der Waals surface area (Å²) >= 11 is 3.09. The molecule has 1 amide bonds. The van der Waals surface area contributed by atoms with Gasteiger partial charge >= 0.3 is 6.18 Å². The van der Waals surface area contributed by atoms with Crippen molar-refractivity contribution in [1.29, 1.82) is 0 Å². The highest BCUT2D eigenvalue weighted by atomic mass is 79.9. The summed E-state index contributed by atoms with van der Waals surface area (Å²) < 4.78 is 71.9. The first-order chi connectivity index (χ1) is 14.7. The molecule has 164 valence electrons.